The fourth-order valence-corrected chi connectivity index (χ4v) is 3.41. The first-order valence-electron chi connectivity index (χ1n) is 7.97. The summed E-state index contributed by atoms with van der Waals surface area (Å²) in [5.74, 6) is 0.941. The third-order valence-corrected chi connectivity index (χ3v) is 4.46. The molecule has 1 aromatic carbocycles. The normalized spacial score (nSPS) is 16.2. The minimum absolute atomic E-state index is 0.0782. The fourth-order valence-electron chi connectivity index (χ4n) is 3.41. The van der Waals surface area contributed by atoms with Gasteiger partial charge in [0.1, 0.15) is 5.82 Å². The Bertz CT molecular complexity index is 675. The van der Waals surface area contributed by atoms with Gasteiger partial charge in [0.25, 0.3) is 5.69 Å². The predicted octanol–water partition coefficient (Wildman–Crippen LogP) is 3.37. The summed E-state index contributed by atoms with van der Waals surface area (Å²) in [6.45, 7) is 0.133. The summed E-state index contributed by atoms with van der Waals surface area (Å²) in [4.78, 5) is 15.2. The molecule has 1 N–H and O–H groups in total. The molecule has 1 heterocycles. The van der Waals surface area contributed by atoms with Gasteiger partial charge in [-0.05, 0) is 25.3 Å². The van der Waals surface area contributed by atoms with Crippen molar-refractivity contribution in [3.63, 3.8) is 0 Å². The maximum Gasteiger partial charge on any atom is 0.271 e. The second-order valence-electron chi connectivity index (χ2n) is 5.95. The number of aryl methyl sites for hydroxylation is 1. The van der Waals surface area contributed by atoms with E-state index in [0.29, 0.717) is 24.4 Å². The van der Waals surface area contributed by atoms with Crippen LogP contribution in [-0.2, 0) is 6.42 Å². The third-order valence-electron chi connectivity index (χ3n) is 4.46. The summed E-state index contributed by atoms with van der Waals surface area (Å²) in [5.41, 5.74) is 1.74. The van der Waals surface area contributed by atoms with Crippen molar-refractivity contribution >= 4 is 16.7 Å². The Morgan fingerprint density at radius 2 is 2.09 bits per heavy atom. The standard InChI is InChI=1S/C16H21N3O3/c20-10-4-7-16-17-14-11-13(19(21)22)8-9-15(14)18(16)12-5-2-1-3-6-12/h8-9,11-12,20H,1-7,10H2. The topological polar surface area (TPSA) is 81.2 Å². The van der Waals surface area contributed by atoms with Crippen molar-refractivity contribution in [1.29, 1.82) is 0 Å². The molecule has 0 aliphatic heterocycles. The van der Waals surface area contributed by atoms with Crippen molar-refractivity contribution in [2.24, 2.45) is 0 Å². The second-order valence-corrected chi connectivity index (χ2v) is 5.95. The van der Waals surface area contributed by atoms with Crippen LogP contribution in [0.5, 0.6) is 0 Å². The molecule has 1 aliphatic carbocycles. The Morgan fingerprint density at radius 1 is 1.32 bits per heavy atom. The Morgan fingerprint density at radius 3 is 2.77 bits per heavy atom. The zero-order chi connectivity index (χ0) is 15.5. The number of nitrogens with zero attached hydrogens (tertiary/aromatic N) is 3. The lowest BCUT2D eigenvalue weighted by atomic mass is 9.95. The molecule has 6 nitrogen and oxygen atoms in total. The first-order valence-corrected chi connectivity index (χ1v) is 7.97. The summed E-state index contributed by atoms with van der Waals surface area (Å²) in [5, 5.41) is 20.0. The molecule has 6 heteroatoms. The molecule has 22 heavy (non-hydrogen) atoms. The maximum absolute atomic E-state index is 10.9. The van der Waals surface area contributed by atoms with Crippen molar-refractivity contribution in [3.8, 4) is 0 Å². The van der Waals surface area contributed by atoms with E-state index < -0.39 is 0 Å². The lowest BCUT2D eigenvalue weighted by Crippen LogP contribution is -2.15. The van der Waals surface area contributed by atoms with Crippen molar-refractivity contribution in [2.75, 3.05) is 6.61 Å². The Balaban J connectivity index is 2.06. The summed E-state index contributed by atoms with van der Waals surface area (Å²) in [6, 6.07) is 5.35. The average molecular weight is 303 g/mol. The number of aliphatic hydroxyl groups is 1. The number of aromatic nitrogens is 2. The van der Waals surface area contributed by atoms with Gasteiger partial charge in [-0.2, -0.15) is 0 Å². The average Bonchev–Trinajstić information content (AvgIpc) is 2.90. The van der Waals surface area contributed by atoms with E-state index in [-0.39, 0.29) is 17.2 Å². The maximum atomic E-state index is 10.9. The molecule has 118 valence electrons. The smallest absolute Gasteiger partial charge is 0.271 e. The van der Waals surface area contributed by atoms with E-state index in [4.69, 9.17) is 5.11 Å². The van der Waals surface area contributed by atoms with Crippen LogP contribution in [0.2, 0.25) is 0 Å². The molecule has 0 saturated heterocycles. The third kappa shape index (κ3) is 2.83. The zero-order valence-corrected chi connectivity index (χ0v) is 12.6. The summed E-state index contributed by atoms with van der Waals surface area (Å²) in [6.07, 6.45) is 7.35. The molecule has 0 amide bonds. The molecule has 0 atom stereocenters. The highest BCUT2D eigenvalue weighted by Gasteiger charge is 2.22. The molecule has 0 radical (unpaired) electrons. The van der Waals surface area contributed by atoms with Crippen LogP contribution in [0.25, 0.3) is 11.0 Å². The van der Waals surface area contributed by atoms with Gasteiger partial charge >= 0.3 is 0 Å². The predicted molar refractivity (Wildman–Crippen MR) is 83.9 cm³/mol. The van der Waals surface area contributed by atoms with E-state index in [1.165, 1.54) is 19.3 Å². The van der Waals surface area contributed by atoms with Crippen LogP contribution in [0.15, 0.2) is 18.2 Å². The monoisotopic (exact) mass is 303 g/mol. The van der Waals surface area contributed by atoms with Gasteiger partial charge in [0.05, 0.1) is 16.0 Å². The number of aliphatic hydroxyl groups excluding tert-OH is 1. The fraction of sp³-hybridized carbons (Fsp3) is 0.562. The summed E-state index contributed by atoms with van der Waals surface area (Å²) in [7, 11) is 0. The number of fused-ring (bicyclic) bond motifs is 1. The summed E-state index contributed by atoms with van der Waals surface area (Å²) < 4.78 is 2.26. The van der Waals surface area contributed by atoms with Crippen molar-refractivity contribution in [2.45, 2.75) is 51.0 Å². The molecule has 0 spiro atoms. The van der Waals surface area contributed by atoms with Crippen LogP contribution in [0.1, 0.15) is 50.4 Å². The molecule has 1 aromatic heterocycles. The van der Waals surface area contributed by atoms with E-state index in [1.807, 2.05) is 6.07 Å². The molecular weight excluding hydrogens is 282 g/mol. The van der Waals surface area contributed by atoms with Crippen LogP contribution in [-0.4, -0.2) is 26.2 Å². The van der Waals surface area contributed by atoms with Crippen LogP contribution >= 0.6 is 0 Å². The van der Waals surface area contributed by atoms with E-state index in [9.17, 15) is 10.1 Å². The molecular formula is C16H21N3O3. The van der Waals surface area contributed by atoms with Crippen molar-refractivity contribution < 1.29 is 10.0 Å². The number of rotatable bonds is 5. The number of benzene rings is 1. The van der Waals surface area contributed by atoms with Crippen molar-refractivity contribution in [3.05, 3.63) is 34.1 Å². The van der Waals surface area contributed by atoms with Crippen LogP contribution in [0, 0.1) is 10.1 Å². The number of imidazole rings is 1. The lowest BCUT2D eigenvalue weighted by molar-refractivity contribution is -0.384. The number of nitro benzene ring substituents is 1. The Kier molecular flexibility index (Phi) is 4.38. The highest BCUT2D eigenvalue weighted by molar-refractivity contribution is 5.79. The molecule has 1 aliphatic rings. The first-order chi connectivity index (χ1) is 10.7. The van der Waals surface area contributed by atoms with Crippen LogP contribution in [0.4, 0.5) is 5.69 Å². The van der Waals surface area contributed by atoms with Crippen LogP contribution < -0.4 is 0 Å². The van der Waals surface area contributed by atoms with E-state index in [2.05, 4.69) is 9.55 Å². The van der Waals surface area contributed by atoms with Gasteiger partial charge < -0.3 is 9.67 Å². The lowest BCUT2D eigenvalue weighted by Gasteiger charge is -2.25. The van der Waals surface area contributed by atoms with E-state index in [0.717, 1.165) is 24.2 Å². The Hall–Kier alpha value is -1.95. The van der Waals surface area contributed by atoms with Gasteiger partial charge in [-0.15, -0.1) is 0 Å². The van der Waals surface area contributed by atoms with Gasteiger partial charge in [0.2, 0.25) is 0 Å². The van der Waals surface area contributed by atoms with Gasteiger partial charge in [-0.3, -0.25) is 10.1 Å². The number of hydrogen-bond donors (Lipinski definition) is 1. The largest absolute Gasteiger partial charge is 0.396 e. The van der Waals surface area contributed by atoms with Gasteiger partial charge in [0.15, 0.2) is 0 Å². The SMILES string of the molecule is O=[N+]([O-])c1ccc2c(c1)nc(CCCO)n2C1CCCCC1. The van der Waals surface area contributed by atoms with E-state index in [1.54, 1.807) is 12.1 Å². The number of non-ortho nitro benzene ring substituents is 1. The molecule has 2 aromatic rings. The molecule has 1 fully saturated rings. The molecule has 0 unspecified atom stereocenters. The van der Waals surface area contributed by atoms with Crippen LogP contribution in [0.3, 0.4) is 0 Å². The highest BCUT2D eigenvalue weighted by atomic mass is 16.6. The second kappa shape index (κ2) is 6.44. The minimum Gasteiger partial charge on any atom is -0.396 e. The molecule has 1 saturated carbocycles. The summed E-state index contributed by atoms with van der Waals surface area (Å²) >= 11 is 0. The molecule has 3 rings (SSSR count). The highest BCUT2D eigenvalue weighted by Crippen LogP contribution is 2.33. The van der Waals surface area contributed by atoms with Crippen molar-refractivity contribution in [1.82, 2.24) is 9.55 Å². The minimum atomic E-state index is -0.382. The molecule has 0 bridgehead atoms. The Labute approximate surface area is 128 Å². The number of hydrogen-bond acceptors (Lipinski definition) is 4. The van der Waals surface area contributed by atoms with E-state index >= 15 is 0 Å². The van der Waals surface area contributed by atoms with Gasteiger partial charge in [-0.1, -0.05) is 19.3 Å². The zero-order valence-electron chi connectivity index (χ0n) is 12.6. The van der Waals surface area contributed by atoms with Gasteiger partial charge in [0, 0.05) is 31.2 Å². The first kappa shape index (κ1) is 15.0. The van der Waals surface area contributed by atoms with Gasteiger partial charge in [-0.25, -0.2) is 4.98 Å². The quantitative estimate of drug-likeness (QED) is 0.678. The number of nitro groups is 1.